The van der Waals surface area contributed by atoms with Crippen LogP contribution in [0.25, 0.3) is 11.3 Å². The summed E-state index contributed by atoms with van der Waals surface area (Å²) in [4.78, 5) is 12.6. The highest BCUT2D eigenvalue weighted by Crippen LogP contribution is 2.24. The molecule has 0 unspecified atom stereocenters. The molecular weight excluding hydrogens is 354 g/mol. The lowest BCUT2D eigenvalue weighted by atomic mass is 10.1. The van der Waals surface area contributed by atoms with Gasteiger partial charge in [-0.25, -0.2) is 0 Å². The summed E-state index contributed by atoms with van der Waals surface area (Å²) in [5.41, 5.74) is 7.44. The van der Waals surface area contributed by atoms with Gasteiger partial charge in [-0.05, 0) is 65.3 Å². The average Bonchev–Trinajstić information content (AvgIpc) is 3.11. The monoisotopic (exact) mass is 387 g/mol. The topological polar surface area (TPSA) is 105 Å². The summed E-state index contributed by atoms with van der Waals surface area (Å²) in [6.07, 6.45) is 4.21. The van der Waals surface area contributed by atoms with Gasteiger partial charge in [0.15, 0.2) is 0 Å². The molecule has 2 rings (SSSR count). The van der Waals surface area contributed by atoms with Crippen LogP contribution in [0.3, 0.4) is 0 Å². The second-order valence-electron chi connectivity index (χ2n) is 6.79. The van der Waals surface area contributed by atoms with Gasteiger partial charge in [-0.2, -0.15) is 0 Å². The zero-order valence-corrected chi connectivity index (χ0v) is 16.8. The maximum Gasteiger partial charge on any atom is 0.257 e. The zero-order valence-electron chi connectivity index (χ0n) is 16.8. The number of nitrogens with two attached hydrogens (primary N) is 1. The smallest absolute Gasteiger partial charge is 0.257 e. The third-order valence-corrected chi connectivity index (χ3v) is 4.47. The predicted molar refractivity (Wildman–Crippen MR) is 112 cm³/mol. The number of hydrogen-bond donors (Lipinski definition) is 4. The van der Waals surface area contributed by atoms with Gasteiger partial charge in [0.25, 0.3) is 5.91 Å². The number of benzene rings is 1. The second kappa shape index (κ2) is 13.0. The summed E-state index contributed by atoms with van der Waals surface area (Å²) < 4.78 is 5.25. The number of rotatable bonds is 14. The van der Waals surface area contributed by atoms with Gasteiger partial charge in [0, 0.05) is 12.1 Å². The number of nitrogens with zero attached hydrogens (tertiary/aromatic N) is 1. The highest BCUT2D eigenvalue weighted by Gasteiger charge is 2.20. The number of aromatic nitrogens is 1. The van der Waals surface area contributed by atoms with Crippen molar-refractivity contribution in [3.63, 3.8) is 0 Å². The van der Waals surface area contributed by atoms with Gasteiger partial charge in [-0.1, -0.05) is 35.5 Å². The Morgan fingerprint density at radius 1 is 0.964 bits per heavy atom. The van der Waals surface area contributed by atoms with E-state index in [0.717, 1.165) is 64.0 Å². The Hall–Kier alpha value is -2.22. The predicted octanol–water partition coefficient (Wildman–Crippen LogP) is 2.08. The van der Waals surface area contributed by atoms with E-state index in [1.54, 1.807) is 6.92 Å². The Kier molecular flexibility index (Phi) is 10.3. The molecule has 0 atom stereocenters. The molecule has 1 heterocycles. The molecule has 5 N–H and O–H groups in total. The molecule has 28 heavy (non-hydrogen) atoms. The fraction of sp³-hybridized carbons (Fsp3) is 0.524. The molecule has 0 radical (unpaired) electrons. The van der Waals surface area contributed by atoms with Crippen LogP contribution < -0.4 is 21.7 Å². The van der Waals surface area contributed by atoms with Crippen molar-refractivity contribution in [2.24, 2.45) is 5.73 Å². The summed E-state index contributed by atoms with van der Waals surface area (Å²) in [6, 6.07) is 9.62. The van der Waals surface area contributed by atoms with E-state index in [4.69, 9.17) is 10.3 Å². The maximum absolute atomic E-state index is 12.6. The van der Waals surface area contributed by atoms with Crippen molar-refractivity contribution in [2.75, 3.05) is 39.3 Å². The first-order valence-corrected chi connectivity index (χ1v) is 10.2. The number of unbranched alkanes of at least 4 members (excludes halogenated alkanes) is 1. The Morgan fingerprint density at radius 2 is 1.61 bits per heavy atom. The highest BCUT2D eigenvalue weighted by molar-refractivity contribution is 6.00. The van der Waals surface area contributed by atoms with Gasteiger partial charge >= 0.3 is 0 Å². The molecule has 0 saturated heterocycles. The van der Waals surface area contributed by atoms with Crippen LogP contribution in [0.1, 0.15) is 41.8 Å². The second-order valence-corrected chi connectivity index (χ2v) is 6.79. The number of carbonyl (C=O) groups excluding carboxylic acids is 1. The SMILES string of the molecule is Cc1onc(-c2ccccc2)c1C(=O)NCCCNCCCCNCCCN. The lowest BCUT2D eigenvalue weighted by Crippen LogP contribution is -2.28. The molecule has 0 saturated carbocycles. The fourth-order valence-electron chi connectivity index (χ4n) is 2.91. The van der Waals surface area contributed by atoms with Crippen LogP contribution in [0, 0.1) is 6.92 Å². The Labute approximate surface area is 167 Å². The normalized spacial score (nSPS) is 10.9. The minimum Gasteiger partial charge on any atom is -0.360 e. The molecule has 1 aromatic heterocycles. The van der Waals surface area contributed by atoms with Crippen LogP contribution in [0.4, 0.5) is 0 Å². The van der Waals surface area contributed by atoms with Gasteiger partial charge in [-0.3, -0.25) is 4.79 Å². The Balaban J connectivity index is 1.60. The number of hydrogen-bond acceptors (Lipinski definition) is 6. The van der Waals surface area contributed by atoms with E-state index in [-0.39, 0.29) is 5.91 Å². The van der Waals surface area contributed by atoms with Crippen LogP contribution in [0.5, 0.6) is 0 Å². The van der Waals surface area contributed by atoms with Crippen molar-refractivity contribution in [1.82, 2.24) is 21.1 Å². The van der Waals surface area contributed by atoms with Crippen molar-refractivity contribution < 1.29 is 9.32 Å². The van der Waals surface area contributed by atoms with Crippen molar-refractivity contribution in [3.8, 4) is 11.3 Å². The molecule has 1 aromatic carbocycles. The third kappa shape index (κ3) is 7.42. The molecule has 0 aliphatic rings. The molecule has 0 bridgehead atoms. The van der Waals surface area contributed by atoms with E-state index < -0.39 is 0 Å². The van der Waals surface area contributed by atoms with Crippen molar-refractivity contribution in [1.29, 1.82) is 0 Å². The quantitative estimate of drug-likeness (QED) is 0.370. The third-order valence-electron chi connectivity index (χ3n) is 4.47. The molecule has 0 fully saturated rings. The Morgan fingerprint density at radius 3 is 2.29 bits per heavy atom. The maximum atomic E-state index is 12.6. The summed E-state index contributed by atoms with van der Waals surface area (Å²) in [6.45, 7) is 7.05. The van der Waals surface area contributed by atoms with E-state index in [1.807, 2.05) is 30.3 Å². The Bertz CT molecular complexity index is 687. The van der Waals surface area contributed by atoms with E-state index in [1.165, 1.54) is 0 Å². The van der Waals surface area contributed by atoms with Gasteiger partial charge in [0.1, 0.15) is 17.0 Å². The van der Waals surface area contributed by atoms with Crippen molar-refractivity contribution in [3.05, 3.63) is 41.7 Å². The summed E-state index contributed by atoms with van der Waals surface area (Å²) in [7, 11) is 0. The molecule has 0 aliphatic carbocycles. The van der Waals surface area contributed by atoms with E-state index >= 15 is 0 Å². The van der Waals surface area contributed by atoms with Crippen LogP contribution in [-0.4, -0.2) is 50.3 Å². The summed E-state index contributed by atoms with van der Waals surface area (Å²) in [5.74, 6) is 0.399. The molecule has 0 spiro atoms. The first-order chi connectivity index (χ1) is 13.7. The van der Waals surface area contributed by atoms with Crippen LogP contribution in [0.15, 0.2) is 34.9 Å². The molecule has 2 aromatic rings. The van der Waals surface area contributed by atoms with Gasteiger partial charge in [0.2, 0.25) is 0 Å². The number of amides is 1. The standard InChI is InChI=1S/C21H33N5O2/c1-17-19(20(26-28-17)18-9-3-2-4-10-18)21(27)25-16-8-15-24-13-6-5-12-23-14-7-11-22/h2-4,9-10,23-24H,5-8,11-16,22H2,1H3,(H,25,27). The van der Waals surface area contributed by atoms with Gasteiger partial charge < -0.3 is 26.2 Å². The van der Waals surface area contributed by atoms with E-state index in [9.17, 15) is 4.79 Å². The van der Waals surface area contributed by atoms with Crippen molar-refractivity contribution in [2.45, 2.75) is 32.6 Å². The minimum absolute atomic E-state index is 0.138. The highest BCUT2D eigenvalue weighted by atomic mass is 16.5. The largest absolute Gasteiger partial charge is 0.360 e. The average molecular weight is 388 g/mol. The summed E-state index contributed by atoms with van der Waals surface area (Å²) >= 11 is 0. The number of carbonyl (C=O) groups is 1. The van der Waals surface area contributed by atoms with Crippen molar-refractivity contribution >= 4 is 5.91 Å². The first-order valence-electron chi connectivity index (χ1n) is 10.2. The minimum atomic E-state index is -0.138. The number of aryl methyl sites for hydroxylation is 1. The lowest BCUT2D eigenvalue weighted by molar-refractivity contribution is 0.0952. The zero-order chi connectivity index (χ0) is 20.0. The lowest BCUT2D eigenvalue weighted by Gasteiger charge is -2.08. The van der Waals surface area contributed by atoms with E-state index in [0.29, 0.717) is 23.6 Å². The first kappa shape index (κ1) is 22.1. The number of nitrogens with one attached hydrogen (secondary N) is 3. The molecule has 1 amide bonds. The molecule has 7 nitrogen and oxygen atoms in total. The van der Waals surface area contributed by atoms with Crippen LogP contribution in [0.2, 0.25) is 0 Å². The molecular formula is C21H33N5O2. The molecule has 0 aliphatic heterocycles. The van der Waals surface area contributed by atoms with Crippen LogP contribution in [-0.2, 0) is 0 Å². The fourth-order valence-corrected chi connectivity index (χ4v) is 2.91. The molecule has 7 heteroatoms. The summed E-state index contributed by atoms with van der Waals surface area (Å²) in [5, 5.41) is 13.8. The molecule has 154 valence electrons. The van der Waals surface area contributed by atoms with Gasteiger partial charge in [0.05, 0.1) is 0 Å². The van der Waals surface area contributed by atoms with E-state index in [2.05, 4.69) is 21.1 Å². The van der Waals surface area contributed by atoms with Crippen LogP contribution >= 0.6 is 0 Å². The van der Waals surface area contributed by atoms with Gasteiger partial charge in [-0.15, -0.1) is 0 Å².